The van der Waals surface area contributed by atoms with E-state index in [-0.39, 0.29) is 23.6 Å². The molecular weight excluding hydrogens is 456 g/mol. The van der Waals surface area contributed by atoms with Gasteiger partial charge in [0.2, 0.25) is 6.79 Å². The Balaban J connectivity index is 1.92. The summed E-state index contributed by atoms with van der Waals surface area (Å²) in [5.41, 5.74) is -0.340. The highest BCUT2D eigenvalue weighted by Gasteiger charge is 2.25. The lowest BCUT2D eigenvalue weighted by atomic mass is 9.95. The molecule has 0 spiro atoms. The second-order valence-electron chi connectivity index (χ2n) is 7.73. The molecule has 9 nitrogen and oxygen atoms in total. The number of nitro benzene ring substituents is 1. The van der Waals surface area contributed by atoms with Crippen molar-refractivity contribution >= 4 is 38.7 Å². The van der Waals surface area contributed by atoms with Crippen LogP contribution in [0.25, 0.3) is 10.9 Å². The number of hydrogen-bond donors (Lipinski definition) is 0. The summed E-state index contributed by atoms with van der Waals surface area (Å²) in [6.07, 6.45) is 1.27. The highest BCUT2D eigenvalue weighted by atomic mass is 79.9. The summed E-state index contributed by atoms with van der Waals surface area (Å²) in [4.78, 5) is 28.8. The van der Waals surface area contributed by atoms with Gasteiger partial charge in [-0.1, -0.05) is 36.7 Å². The lowest BCUT2D eigenvalue weighted by molar-refractivity contribution is -0.385. The van der Waals surface area contributed by atoms with E-state index in [1.54, 1.807) is 12.1 Å². The number of aromatic nitrogens is 2. The molecule has 4 rings (SSSR count). The van der Waals surface area contributed by atoms with E-state index in [0.29, 0.717) is 28.2 Å². The van der Waals surface area contributed by atoms with E-state index < -0.39 is 10.3 Å². The summed E-state index contributed by atoms with van der Waals surface area (Å²) in [5, 5.41) is 16.2. The average Bonchev–Trinajstić information content (AvgIpc) is 3.13. The van der Waals surface area contributed by atoms with Gasteiger partial charge >= 0.3 is 0 Å². The molecule has 0 fully saturated rings. The molecule has 10 heteroatoms. The molecule has 0 amide bonds. The zero-order chi connectivity index (χ0) is 21.6. The Morgan fingerprint density at radius 3 is 2.60 bits per heavy atom. The van der Waals surface area contributed by atoms with E-state index in [2.05, 4.69) is 26.0 Å². The molecule has 1 aliphatic rings. The maximum atomic E-state index is 13.2. The smallest absolute Gasteiger partial charge is 0.282 e. The van der Waals surface area contributed by atoms with Crippen LogP contribution < -0.4 is 15.0 Å². The monoisotopic (exact) mass is 472 g/mol. The highest BCUT2D eigenvalue weighted by molar-refractivity contribution is 9.10. The Morgan fingerprint density at radius 2 is 1.93 bits per heavy atom. The van der Waals surface area contributed by atoms with Crippen molar-refractivity contribution < 1.29 is 14.4 Å². The fourth-order valence-electron chi connectivity index (χ4n) is 3.07. The Kier molecular flexibility index (Phi) is 4.81. The zero-order valence-electron chi connectivity index (χ0n) is 16.4. The van der Waals surface area contributed by atoms with Crippen LogP contribution in [0.2, 0.25) is 0 Å². The molecule has 3 aromatic rings. The number of rotatable bonds is 3. The molecule has 1 aromatic heterocycles. The molecule has 0 saturated heterocycles. The summed E-state index contributed by atoms with van der Waals surface area (Å²) in [6.45, 7) is 5.72. The predicted molar refractivity (Wildman–Crippen MR) is 115 cm³/mol. The quantitative estimate of drug-likeness (QED) is 0.324. The van der Waals surface area contributed by atoms with E-state index in [1.165, 1.54) is 23.0 Å². The van der Waals surface area contributed by atoms with Gasteiger partial charge in [0.1, 0.15) is 5.82 Å². The lowest BCUT2D eigenvalue weighted by Gasteiger charge is -2.20. The Labute approximate surface area is 179 Å². The first-order valence-electron chi connectivity index (χ1n) is 9.00. The molecule has 0 radical (unpaired) electrons. The number of hydrogen-bond acceptors (Lipinski definition) is 7. The van der Waals surface area contributed by atoms with Crippen LogP contribution in [0.4, 0.5) is 5.69 Å². The molecule has 0 atom stereocenters. The predicted octanol–water partition coefficient (Wildman–Crippen LogP) is 3.98. The van der Waals surface area contributed by atoms with E-state index in [0.717, 1.165) is 4.47 Å². The second-order valence-corrected chi connectivity index (χ2v) is 8.65. The topological polar surface area (TPSA) is 109 Å². The van der Waals surface area contributed by atoms with E-state index in [4.69, 9.17) is 9.47 Å². The fraction of sp³-hybridized carbons (Fsp3) is 0.250. The van der Waals surface area contributed by atoms with Gasteiger partial charge in [-0.25, -0.2) is 4.98 Å². The van der Waals surface area contributed by atoms with Crippen molar-refractivity contribution in [1.29, 1.82) is 0 Å². The number of benzene rings is 2. The summed E-state index contributed by atoms with van der Waals surface area (Å²) in [7, 11) is 0. The number of ether oxygens (including phenoxy) is 2. The van der Waals surface area contributed by atoms with Gasteiger partial charge in [0, 0.05) is 9.89 Å². The molecule has 2 aromatic carbocycles. The molecule has 0 aliphatic carbocycles. The van der Waals surface area contributed by atoms with Crippen molar-refractivity contribution in [3.8, 4) is 11.5 Å². The van der Waals surface area contributed by atoms with Crippen LogP contribution in [0.15, 0.2) is 44.7 Å². The minimum absolute atomic E-state index is 0.00974. The van der Waals surface area contributed by atoms with Crippen molar-refractivity contribution in [2.75, 3.05) is 6.79 Å². The van der Waals surface area contributed by atoms with Crippen LogP contribution in [0.1, 0.15) is 32.2 Å². The number of fused-ring (bicyclic) bond motifs is 2. The van der Waals surface area contributed by atoms with Crippen molar-refractivity contribution in [3.63, 3.8) is 0 Å². The van der Waals surface area contributed by atoms with Crippen LogP contribution in [-0.4, -0.2) is 27.6 Å². The van der Waals surface area contributed by atoms with Gasteiger partial charge in [-0.05, 0) is 24.3 Å². The standard InChI is InChI=1S/C20H17BrN4O5/c1-20(2,3)19-23-14-5-4-12(21)7-13(14)18(26)24(19)22-9-11-6-16-17(30-10-29-16)8-15(11)25(27)28/h4-9H,10H2,1-3H3. The summed E-state index contributed by atoms with van der Waals surface area (Å²) in [6, 6.07) is 7.99. The van der Waals surface area contributed by atoms with Crippen LogP contribution in [0, 0.1) is 10.1 Å². The molecule has 1 aliphatic heterocycles. The van der Waals surface area contributed by atoms with Crippen LogP contribution in [0.5, 0.6) is 11.5 Å². The summed E-state index contributed by atoms with van der Waals surface area (Å²) >= 11 is 3.36. The SMILES string of the molecule is CC(C)(C)c1nc2ccc(Br)cc2c(=O)n1N=Cc1cc2c(cc1[N+](=O)[O-])OCO2. The second kappa shape index (κ2) is 7.21. The minimum atomic E-state index is -0.535. The van der Waals surface area contributed by atoms with Gasteiger partial charge in [0.05, 0.1) is 33.7 Å². The van der Waals surface area contributed by atoms with Crippen LogP contribution in [0.3, 0.4) is 0 Å². The maximum absolute atomic E-state index is 13.2. The van der Waals surface area contributed by atoms with E-state index in [9.17, 15) is 14.9 Å². The molecule has 0 bridgehead atoms. The largest absolute Gasteiger partial charge is 0.454 e. The number of halogens is 1. The molecule has 0 N–H and O–H groups in total. The van der Waals surface area contributed by atoms with Gasteiger partial charge in [-0.15, -0.1) is 0 Å². The lowest BCUT2D eigenvalue weighted by Crippen LogP contribution is -2.29. The third kappa shape index (κ3) is 3.54. The van der Waals surface area contributed by atoms with Crippen molar-refractivity contribution in [2.45, 2.75) is 26.2 Å². The van der Waals surface area contributed by atoms with Crippen molar-refractivity contribution in [3.05, 3.63) is 66.7 Å². The molecular formula is C20H17BrN4O5. The van der Waals surface area contributed by atoms with Crippen molar-refractivity contribution in [2.24, 2.45) is 5.10 Å². The number of nitrogens with zero attached hydrogens (tertiary/aromatic N) is 4. The normalized spacial score (nSPS) is 13.3. The van der Waals surface area contributed by atoms with Crippen molar-refractivity contribution in [1.82, 2.24) is 9.66 Å². The third-order valence-corrected chi connectivity index (χ3v) is 5.00. The minimum Gasteiger partial charge on any atom is -0.454 e. The summed E-state index contributed by atoms with van der Waals surface area (Å²) in [5.74, 6) is 1.11. The molecule has 0 unspecified atom stereocenters. The van der Waals surface area contributed by atoms with Crippen LogP contribution in [-0.2, 0) is 5.41 Å². The van der Waals surface area contributed by atoms with Gasteiger partial charge in [0.15, 0.2) is 11.5 Å². The Bertz CT molecular complexity index is 1280. The van der Waals surface area contributed by atoms with Gasteiger partial charge in [-0.2, -0.15) is 9.78 Å². The van der Waals surface area contributed by atoms with Gasteiger partial charge in [-0.3, -0.25) is 14.9 Å². The fourth-order valence-corrected chi connectivity index (χ4v) is 3.43. The third-order valence-electron chi connectivity index (χ3n) is 4.51. The van der Waals surface area contributed by atoms with Gasteiger partial charge < -0.3 is 9.47 Å². The number of nitro groups is 1. The molecule has 0 saturated carbocycles. The Hall–Kier alpha value is -3.27. The maximum Gasteiger partial charge on any atom is 0.282 e. The van der Waals surface area contributed by atoms with Crippen LogP contribution >= 0.6 is 15.9 Å². The van der Waals surface area contributed by atoms with E-state index in [1.807, 2.05) is 26.8 Å². The molecule has 30 heavy (non-hydrogen) atoms. The highest BCUT2D eigenvalue weighted by Crippen LogP contribution is 2.37. The van der Waals surface area contributed by atoms with Gasteiger partial charge in [0.25, 0.3) is 11.2 Å². The first kappa shape index (κ1) is 20.0. The van der Waals surface area contributed by atoms with E-state index >= 15 is 0 Å². The molecule has 154 valence electrons. The molecule has 2 heterocycles. The first-order valence-corrected chi connectivity index (χ1v) is 9.79. The Morgan fingerprint density at radius 1 is 1.23 bits per heavy atom. The zero-order valence-corrected chi connectivity index (χ0v) is 18.0. The average molecular weight is 473 g/mol. The summed E-state index contributed by atoms with van der Waals surface area (Å²) < 4.78 is 12.4. The first-order chi connectivity index (χ1) is 14.1.